The highest BCUT2D eigenvalue weighted by molar-refractivity contribution is 9.11. The standard InChI is InChI=1S/C22H22BrN3O4S2/c1-21(2,3)25-32(29,30)15-10-8-14(9-11-15)22(28)16-6-4-5-7-17(16)26(20(22)27)13-19-24-12-18(23)31-19/h4-12,25,28H,13H2,1-3H3. The van der Waals surface area contributed by atoms with E-state index in [1.165, 1.54) is 40.5 Å². The first kappa shape index (κ1) is 23.1. The summed E-state index contributed by atoms with van der Waals surface area (Å²) in [4.78, 5) is 19.3. The van der Waals surface area contributed by atoms with Crippen LogP contribution < -0.4 is 9.62 Å². The maximum absolute atomic E-state index is 13.5. The monoisotopic (exact) mass is 535 g/mol. The first-order valence-corrected chi connectivity index (χ1v) is 12.9. The molecule has 1 atom stereocenters. The normalized spacial score (nSPS) is 18.8. The molecule has 1 aliphatic rings. The number of aliphatic hydroxyl groups is 1. The molecule has 1 aromatic heterocycles. The van der Waals surface area contributed by atoms with Crippen LogP contribution in [0.15, 0.2) is 63.4 Å². The molecular formula is C22H22BrN3O4S2. The van der Waals surface area contributed by atoms with Gasteiger partial charge < -0.3 is 10.0 Å². The molecule has 168 valence electrons. The number of hydrogen-bond acceptors (Lipinski definition) is 6. The Balaban J connectivity index is 1.72. The molecule has 32 heavy (non-hydrogen) atoms. The van der Waals surface area contributed by atoms with Gasteiger partial charge in [-0.1, -0.05) is 30.3 Å². The van der Waals surface area contributed by atoms with Crippen LogP contribution in [-0.4, -0.2) is 30.0 Å². The fraction of sp³-hybridized carbons (Fsp3) is 0.273. The Morgan fingerprint density at radius 3 is 2.41 bits per heavy atom. The zero-order valence-corrected chi connectivity index (χ0v) is 20.9. The number of carbonyl (C=O) groups is 1. The van der Waals surface area contributed by atoms with Crippen molar-refractivity contribution in [2.45, 2.75) is 43.4 Å². The highest BCUT2D eigenvalue weighted by Crippen LogP contribution is 2.45. The van der Waals surface area contributed by atoms with Crippen molar-refractivity contribution in [1.82, 2.24) is 9.71 Å². The minimum absolute atomic E-state index is 0.0583. The maximum atomic E-state index is 13.5. The van der Waals surface area contributed by atoms with Crippen molar-refractivity contribution < 1.29 is 18.3 Å². The molecule has 4 rings (SSSR count). The highest BCUT2D eigenvalue weighted by Gasteiger charge is 2.51. The number of hydrogen-bond donors (Lipinski definition) is 2. The Bertz CT molecular complexity index is 1280. The molecule has 0 fully saturated rings. The molecule has 0 saturated carbocycles. The molecule has 0 spiro atoms. The van der Waals surface area contributed by atoms with Crippen LogP contribution in [0.2, 0.25) is 0 Å². The van der Waals surface area contributed by atoms with E-state index in [4.69, 9.17) is 0 Å². The molecule has 0 aliphatic carbocycles. The first-order valence-electron chi connectivity index (χ1n) is 9.80. The summed E-state index contributed by atoms with van der Waals surface area (Å²) in [5, 5.41) is 12.4. The average Bonchev–Trinajstić information content (AvgIpc) is 3.22. The molecule has 7 nitrogen and oxygen atoms in total. The summed E-state index contributed by atoms with van der Waals surface area (Å²) in [6, 6.07) is 12.8. The lowest BCUT2D eigenvalue weighted by molar-refractivity contribution is -0.132. The lowest BCUT2D eigenvalue weighted by Crippen LogP contribution is -2.41. The Morgan fingerprint density at radius 1 is 1.16 bits per heavy atom. The molecule has 0 bridgehead atoms. The van der Waals surface area contributed by atoms with E-state index in [-0.39, 0.29) is 11.4 Å². The van der Waals surface area contributed by atoms with Crippen molar-refractivity contribution in [2.24, 2.45) is 0 Å². The molecule has 3 aromatic rings. The molecule has 1 aliphatic heterocycles. The van der Waals surface area contributed by atoms with Crippen LogP contribution in [0.4, 0.5) is 5.69 Å². The highest BCUT2D eigenvalue weighted by atomic mass is 79.9. The van der Waals surface area contributed by atoms with Gasteiger partial charge in [0.1, 0.15) is 5.01 Å². The van der Waals surface area contributed by atoms with Gasteiger partial charge in [-0.2, -0.15) is 0 Å². The second kappa shape index (κ2) is 8.03. The molecule has 2 heterocycles. The largest absolute Gasteiger partial charge is 0.372 e. The van der Waals surface area contributed by atoms with Crippen molar-refractivity contribution >= 4 is 48.9 Å². The van der Waals surface area contributed by atoms with Gasteiger partial charge in [0.15, 0.2) is 5.60 Å². The smallest absolute Gasteiger partial charge is 0.268 e. The van der Waals surface area contributed by atoms with Crippen molar-refractivity contribution in [3.63, 3.8) is 0 Å². The lowest BCUT2D eigenvalue weighted by atomic mass is 9.87. The summed E-state index contributed by atoms with van der Waals surface area (Å²) in [5.41, 5.74) is -1.22. The van der Waals surface area contributed by atoms with Crippen LogP contribution in [0.5, 0.6) is 0 Å². The summed E-state index contributed by atoms with van der Waals surface area (Å²) >= 11 is 4.79. The molecule has 2 N–H and O–H groups in total. The van der Waals surface area contributed by atoms with Crippen molar-refractivity contribution in [1.29, 1.82) is 0 Å². The molecule has 1 amide bonds. The van der Waals surface area contributed by atoms with Crippen LogP contribution in [0, 0.1) is 0 Å². The Kier molecular flexibility index (Phi) is 5.79. The van der Waals surface area contributed by atoms with E-state index in [2.05, 4.69) is 25.6 Å². The predicted octanol–water partition coefficient (Wildman–Crippen LogP) is 3.77. The number of para-hydroxylation sites is 1. The number of aromatic nitrogens is 1. The summed E-state index contributed by atoms with van der Waals surface area (Å²) in [6.07, 6.45) is 1.67. The van der Waals surface area contributed by atoms with Crippen molar-refractivity contribution in [2.75, 3.05) is 4.90 Å². The van der Waals surface area contributed by atoms with Crippen LogP contribution in [0.25, 0.3) is 0 Å². The molecule has 2 aromatic carbocycles. The van der Waals surface area contributed by atoms with E-state index in [0.29, 0.717) is 16.8 Å². The van der Waals surface area contributed by atoms with Gasteiger partial charge in [-0.15, -0.1) is 11.3 Å². The molecule has 0 saturated heterocycles. The van der Waals surface area contributed by atoms with Gasteiger partial charge in [0.2, 0.25) is 10.0 Å². The van der Waals surface area contributed by atoms with Gasteiger partial charge in [-0.3, -0.25) is 4.79 Å². The zero-order chi connectivity index (χ0) is 23.3. The fourth-order valence-electron chi connectivity index (χ4n) is 3.70. The first-order chi connectivity index (χ1) is 14.9. The average molecular weight is 536 g/mol. The van der Waals surface area contributed by atoms with Crippen LogP contribution >= 0.6 is 27.3 Å². The number of halogens is 1. The Labute approximate surface area is 199 Å². The van der Waals surface area contributed by atoms with E-state index in [9.17, 15) is 18.3 Å². The van der Waals surface area contributed by atoms with E-state index in [1.54, 1.807) is 51.2 Å². The molecular weight excluding hydrogens is 514 g/mol. The number of thiazole rings is 1. The number of amides is 1. The van der Waals surface area contributed by atoms with Gasteiger partial charge in [0.05, 0.1) is 27.1 Å². The second-order valence-corrected chi connectivity index (χ2v) is 12.7. The predicted molar refractivity (Wildman–Crippen MR) is 127 cm³/mol. The summed E-state index contributed by atoms with van der Waals surface area (Å²) in [6.45, 7) is 5.48. The summed E-state index contributed by atoms with van der Waals surface area (Å²) in [7, 11) is -3.74. The number of carbonyl (C=O) groups excluding carboxylic acids is 1. The van der Waals surface area contributed by atoms with Gasteiger partial charge in [-0.05, 0) is 60.5 Å². The van der Waals surface area contributed by atoms with E-state index in [0.717, 1.165) is 8.79 Å². The molecule has 0 radical (unpaired) electrons. The van der Waals surface area contributed by atoms with Gasteiger partial charge in [0, 0.05) is 11.1 Å². The van der Waals surface area contributed by atoms with E-state index < -0.39 is 27.1 Å². The molecule has 1 unspecified atom stereocenters. The van der Waals surface area contributed by atoms with Crippen molar-refractivity contribution in [3.05, 3.63) is 74.6 Å². The minimum atomic E-state index is -3.74. The van der Waals surface area contributed by atoms with E-state index in [1.807, 2.05) is 0 Å². The minimum Gasteiger partial charge on any atom is -0.372 e. The fourth-order valence-corrected chi connectivity index (χ4v) is 6.42. The van der Waals surface area contributed by atoms with Gasteiger partial charge in [0.25, 0.3) is 5.91 Å². The van der Waals surface area contributed by atoms with E-state index >= 15 is 0 Å². The summed E-state index contributed by atoms with van der Waals surface area (Å²) in [5.74, 6) is -0.506. The van der Waals surface area contributed by atoms with Crippen LogP contribution in [0.3, 0.4) is 0 Å². The van der Waals surface area contributed by atoms with Crippen molar-refractivity contribution in [3.8, 4) is 0 Å². The Hall–Kier alpha value is -2.11. The Morgan fingerprint density at radius 2 is 1.81 bits per heavy atom. The third-order valence-corrected chi connectivity index (χ3v) is 8.22. The lowest BCUT2D eigenvalue weighted by Gasteiger charge is -2.24. The molecule has 10 heteroatoms. The number of rotatable bonds is 5. The summed E-state index contributed by atoms with van der Waals surface area (Å²) < 4.78 is 28.7. The number of nitrogens with one attached hydrogen (secondary N) is 1. The van der Waals surface area contributed by atoms with Crippen LogP contribution in [0.1, 0.15) is 36.9 Å². The topological polar surface area (TPSA) is 99.6 Å². The number of nitrogens with zero attached hydrogens (tertiary/aromatic N) is 2. The second-order valence-electron chi connectivity index (χ2n) is 8.56. The number of benzene rings is 2. The third kappa shape index (κ3) is 4.13. The number of fused-ring (bicyclic) bond motifs is 1. The van der Waals surface area contributed by atoms with Gasteiger partial charge >= 0.3 is 0 Å². The van der Waals surface area contributed by atoms with Crippen LogP contribution in [-0.2, 0) is 27.0 Å². The number of anilines is 1. The zero-order valence-electron chi connectivity index (χ0n) is 17.7. The third-order valence-electron chi connectivity index (χ3n) is 4.98. The SMILES string of the molecule is CC(C)(C)NS(=O)(=O)c1ccc(C2(O)C(=O)N(Cc3ncc(Br)s3)c3ccccc32)cc1. The quantitative estimate of drug-likeness (QED) is 0.518. The van der Waals surface area contributed by atoms with Gasteiger partial charge in [-0.25, -0.2) is 18.1 Å². The maximum Gasteiger partial charge on any atom is 0.268 e. The number of sulfonamides is 1.